The number of imidazole rings is 1. The number of aryl methyl sites for hydroxylation is 2. The third-order valence-electron chi connectivity index (χ3n) is 12.6. The summed E-state index contributed by atoms with van der Waals surface area (Å²) in [6, 6.07) is 42.8. The second kappa shape index (κ2) is 19.8. The maximum atomic E-state index is 9.03. The van der Waals surface area contributed by atoms with Gasteiger partial charge in [-0.3, -0.25) is 4.98 Å². The fourth-order valence-corrected chi connectivity index (χ4v) is 10.6. The van der Waals surface area contributed by atoms with Crippen LogP contribution >= 0.6 is 0 Å². The topological polar surface area (TPSA) is 56.7 Å². The van der Waals surface area contributed by atoms with Gasteiger partial charge in [-0.25, -0.2) is 4.98 Å². The number of rotatable bonds is 9. The fraction of sp³-hybridized carbons (Fsp3) is 0.305. The quantitative estimate of drug-likeness (QED) is 0.107. The van der Waals surface area contributed by atoms with E-state index in [1.54, 1.807) is 36.4 Å². The molecule has 339 valence electrons. The Morgan fingerprint density at radius 2 is 1.50 bits per heavy atom. The Balaban J connectivity index is 0.000000212. The van der Waals surface area contributed by atoms with E-state index in [0.717, 1.165) is 80.9 Å². The van der Waals surface area contributed by atoms with E-state index in [0.29, 0.717) is 45.6 Å². The smallest absolute Gasteiger partial charge is 0.216 e. The van der Waals surface area contributed by atoms with Crippen LogP contribution in [0, 0.1) is 31.8 Å². The van der Waals surface area contributed by atoms with Gasteiger partial charge in [0, 0.05) is 53.9 Å². The molecule has 1 saturated carbocycles. The van der Waals surface area contributed by atoms with Gasteiger partial charge in [-0.1, -0.05) is 169 Å². The Morgan fingerprint density at radius 3 is 2.18 bits per heavy atom. The molecule has 1 fully saturated rings. The SMILES string of the molecule is [2H]C([2H])([2H])c1c[c-]c(-c2cc(C([2H])([2H])C3CCCCC3)c([Si](C)(C)C)cn2)cc1.[2H]C([2H])([2H])c1ccc(-c2ccc3c(n2)oc2c(-c4nc5ccccc5n4-c4c(C(C)C)cccc4C(C)C)[c-]ccc23)cc1.[Ir]. The molecule has 7 heteroatoms. The first-order valence-electron chi connectivity index (χ1n) is 27.0. The van der Waals surface area contributed by atoms with Crippen LogP contribution in [-0.2, 0) is 26.5 Å². The zero-order valence-electron chi connectivity index (χ0n) is 46.8. The summed E-state index contributed by atoms with van der Waals surface area (Å²) in [4.78, 5) is 14.7. The maximum absolute atomic E-state index is 9.03. The summed E-state index contributed by atoms with van der Waals surface area (Å²) in [6.45, 7) is 11.3. The summed E-state index contributed by atoms with van der Waals surface area (Å²) in [6.07, 6.45) is 5.68. The van der Waals surface area contributed by atoms with Crippen LogP contribution in [0.15, 0.2) is 126 Å². The molecule has 0 N–H and O–H groups in total. The van der Waals surface area contributed by atoms with Crippen molar-refractivity contribution in [2.24, 2.45) is 5.92 Å². The molecule has 0 unspecified atom stereocenters. The summed E-state index contributed by atoms with van der Waals surface area (Å²) in [7, 11) is -1.80. The molecule has 10 rings (SSSR count). The van der Waals surface area contributed by atoms with Crippen LogP contribution in [0.4, 0.5) is 0 Å². The number of hydrogen-bond acceptors (Lipinski definition) is 4. The number of para-hydroxylation sites is 3. The van der Waals surface area contributed by atoms with Crippen molar-refractivity contribution >= 4 is 46.4 Å². The molecule has 5 nitrogen and oxygen atoms in total. The number of nitrogens with zero attached hydrogens (tertiary/aromatic N) is 4. The van der Waals surface area contributed by atoms with Gasteiger partial charge in [-0.05, 0) is 77.3 Å². The van der Waals surface area contributed by atoms with Crippen LogP contribution in [0.25, 0.3) is 72.7 Å². The van der Waals surface area contributed by atoms with Crippen molar-refractivity contribution in [1.82, 2.24) is 19.5 Å². The third-order valence-corrected chi connectivity index (χ3v) is 14.6. The second-order valence-electron chi connectivity index (χ2n) is 19.0. The zero-order chi connectivity index (χ0) is 52.2. The monoisotopic (exact) mass is 1070 g/mol. The van der Waals surface area contributed by atoms with Crippen LogP contribution in [0.5, 0.6) is 0 Å². The van der Waals surface area contributed by atoms with Gasteiger partial charge in [0.05, 0.1) is 36.2 Å². The molecule has 4 aromatic heterocycles. The third kappa shape index (κ3) is 9.67. The first-order valence-corrected chi connectivity index (χ1v) is 26.5. The molecular weight excluding hydrogens is 1000 g/mol. The largest absolute Gasteiger partial charge is 0.486 e. The summed E-state index contributed by atoms with van der Waals surface area (Å²) < 4.78 is 72.5. The maximum Gasteiger partial charge on any atom is 0.216 e. The van der Waals surface area contributed by atoms with Gasteiger partial charge < -0.3 is 14.0 Å². The Kier molecular flexibility index (Phi) is 11.3. The molecule has 0 spiro atoms. The van der Waals surface area contributed by atoms with Crippen LogP contribution in [-0.4, -0.2) is 27.6 Å². The Bertz CT molecular complexity index is 3410. The number of benzene rings is 5. The summed E-state index contributed by atoms with van der Waals surface area (Å²) in [5.41, 5.74) is 11.7. The van der Waals surface area contributed by atoms with Gasteiger partial charge in [0.25, 0.3) is 0 Å². The Morgan fingerprint density at radius 1 is 0.773 bits per heavy atom. The molecule has 0 amide bonds. The number of hydrogen-bond donors (Lipinski definition) is 0. The zero-order valence-corrected chi connectivity index (χ0v) is 42.2. The van der Waals surface area contributed by atoms with Crippen molar-refractivity contribution < 1.29 is 35.5 Å². The van der Waals surface area contributed by atoms with Gasteiger partial charge in [0.1, 0.15) is 0 Å². The molecule has 66 heavy (non-hydrogen) atoms. The van der Waals surface area contributed by atoms with Crippen molar-refractivity contribution in [3.05, 3.63) is 161 Å². The van der Waals surface area contributed by atoms with Gasteiger partial charge in [0.2, 0.25) is 5.71 Å². The van der Waals surface area contributed by atoms with Crippen molar-refractivity contribution in [3.63, 3.8) is 0 Å². The number of pyridine rings is 2. The van der Waals surface area contributed by atoms with E-state index in [1.807, 2.05) is 48.7 Å². The molecule has 1 aliphatic rings. The molecule has 9 aromatic rings. The van der Waals surface area contributed by atoms with Gasteiger partial charge in [-0.15, -0.1) is 53.6 Å². The summed E-state index contributed by atoms with van der Waals surface area (Å²) in [5.74, 6) is 1.41. The molecular formula is C59H62IrN4OSi-2. The van der Waals surface area contributed by atoms with E-state index in [9.17, 15) is 0 Å². The minimum atomic E-state index is -2.16. The summed E-state index contributed by atoms with van der Waals surface area (Å²) >= 11 is 0. The predicted molar refractivity (Wildman–Crippen MR) is 275 cm³/mol. The van der Waals surface area contributed by atoms with E-state index in [-0.39, 0.29) is 31.6 Å². The van der Waals surface area contributed by atoms with E-state index in [2.05, 4.69) is 99.4 Å². The first-order chi connectivity index (χ1) is 34.5. The van der Waals surface area contributed by atoms with Crippen molar-refractivity contribution in [2.45, 2.75) is 111 Å². The molecule has 4 heterocycles. The van der Waals surface area contributed by atoms with Crippen molar-refractivity contribution in [2.75, 3.05) is 0 Å². The van der Waals surface area contributed by atoms with Crippen molar-refractivity contribution in [3.8, 4) is 39.6 Å². The average Bonchev–Trinajstić information content (AvgIpc) is 3.94. The Labute approximate surface area is 417 Å². The second-order valence-corrected chi connectivity index (χ2v) is 24.1. The molecule has 0 atom stereocenters. The van der Waals surface area contributed by atoms with Gasteiger partial charge in [0.15, 0.2) is 0 Å². The van der Waals surface area contributed by atoms with E-state index in [4.69, 9.17) is 25.4 Å². The molecule has 0 bridgehead atoms. The summed E-state index contributed by atoms with van der Waals surface area (Å²) in [5, 5.41) is 2.90. The molecule has 0 aliphatic heterocycles. The van der Waals surface area contributed by atoms with Crippen LogP contribution in [0.1, 0.15) is 110 Å². The van der Waals surface area contributed by atoms with E-state index < -0.39 is 28.2 Å². The Hall–Kier alpha value is -5.46. The van der Waals surface area contributed by atoms with Crippen LogP contribution in [0.2, 0.25) is 19.6 Å². The van der Waals surface area contributed by atoms with Gasteiger partial charge in [-0.2, -0.15) is 0 Å². The van der Waals surface area contributed by atoms with Gasteiger partial charge >= 0.3 is 0 Å². The number of fused-ring (bicyclic) bond motifs is 4. The van der Waals surface area contributed by atoms with E-state index in [1.165, 1.54) is 23.6 Å². The molecule has 5 aromatic carbocycles. The number of aromatic nitrogens is 4. The normalized spacial score (nSPS) is 15.8. The minimum Gasteiger partial charge on any atom is -0.486 e. The fourth-order valence-electron chi connectivity index (χ4n) is 9.15. The molecule has 1 radical (unpaired) electrons. The van der Waals surface area contributed by atoms with Crippen molar-refractivity contribution in [1.29, 1.82) is 0 Å². The number of furan rings is 1. The molecule has 1 aliphatic carbocycles. The first kappa shape index (κ1) is 37.6. The minimum absolute atomic E-state index is 0. The van der Waals surface area contributed by atoms with Crippen LogP contribution in [0.3, 0.4) is 0 Å². The average molecular weight is 1070 g/mol. The standard InChI is InChI=1S/C37H32N3O.C22H30NSi.Ir/c1-22(2)26-10-8-11-27(23(3)4)34(26)40-33-15-7-6-14-32(33)38-36(40)30-13-9-12-28-29-20-21-31(39-37(29)41-35(28)30)25-18-16-24(5)17-19-25;1-17-10-12-19(13-11-17)21-15-20(14-18-8-6-5-7-9-18)22(16-23-21)24(2,3)4;/h6-12,14-23H,1-5H3;10-12,15-16,18H,5-9,14H2,1-4H3;/q2*-1;/i5D3;1D3,14D2;. The van der Waals surface area contributed by atoms with E-state index >= 15 is 0 Å². The predicted octanol–water partition coefficient (Wildman–Crippen LogP) is 15.5. The van der Waals surface area contributed by atoms with Crippen LogP contribution < -0.4 is 5.19 Å². The molecule has 0 saturated heterocycles.